The van der Waals surface area contributed by atoms with Crippen LogP contribution in [-0.2, 0) is 0 Å². The van der Waals surface area contributed by atoms with Gasteiger partial charge in [0.2, 0.25) is 0 Å². The fraction of sp³-hybridized carbons (Fsp3) is 0.133. The van der Waals surface area contributed by atoms with E-state index in [1.807, 2.05) is 36.4 Å². The first kappa shape index (κ1) is 12.9. The van der Waals surface area contributed by atoms with Crippen molar-refractivity contribution in [2.45, 2.75) is 0 Å². The van der Waals surface area contributed by atoms with Crippen LogP contribution in [0.4, 0.5) is 11.4 Å². The Balaban J connectivity index is 2.00. The lowest BCUT2D eigenvalue weighted by atomic mass is 10.2. The van der Waals surface area contributed by atoms with E-state index < -0.39 is 0 Å². The van der Waals surface area contributed by atoms with E-state index in [2.05, 4.69) is 11.4 Å². The maximum absolute atomic E-state index is 8.73. The zero-order valence-electron chi connectivity index (χ0n) is 10.5. The minimum absolute atomic E-state index is 0.505. The van der Waals surface area contributed by atoms with Gasteiger partial charge in [0.25, 0.3) is 0 Å². The quantitative estimate of drug-likeness (QED) is 0.859. The molecule has 3 N–H and O–H groups in total. The van der Waals surface area contributed by atoms with E-state index >= 15 is 0 Å². The van der Waals surface area contributed by atoms with E-state index in [-0.39, 0.29) is 0 Å². The van der Waals surface area contributed by atoms with Crippen LogP contribution in [0.1, 0.15) is 5.56 Å². The molecule has 2 rings (SSSR count). The number of rotatable bonds is 5. The first-order valence-electron chi connectivity index (χ1n) is 6.02. The first-order valence-corrected chi connectivity index (χ1v) is 6.02. The summed E-state index contributed by atoms with van der Waals surface area (Å²) in [5, 5.41) is 12.0. The first-order chi connectivity index (χ1) is 9.31. The van der Waals surface area contributed by atoms with Gasteiger partial charge < -0.3 is 15.8 Å². The number of nitriles is 1. The highest BCUT2D eigenvalue weighted by Crippen LogP contribution is 2.20. The summed E-state index contributed by atoms with van der Waals surface area (Å²) < 4.78 is 5.40. The maximum Gasteiger partial charge on any atom is 0.119 e. The van der Waals surface area contributed by atoms with Crippen LogP contribution >= 0.6 is 0 Å². The Morgan fingerprint density at radius 1 is 1.00 bits per heavy atom. The van der Waals surface area contributed by atoms with Crippen molar-refractivity contribution in [3.8, 4) is 11.8 Å². The highest BCUT2D eigenvalue weighted by atomic mass is 16.5. The predicted molar refractivity (Wildman–Crippen MR) is 75.4 cm³/mol. The van der Waals surface area contributed by atoms with Crippen molar-refractivity contribution in [2.24, 2.45) is 5.73 Å². The molecule has 96 valence electrons. The van der Waals surface area contributed by atoms with Crippen molar-refractivity contribution >= 4 is 11.4 Å². The number of hydrogen-bond donors (Lipinski definition) is 2. The standard InChI is InChI=1S/C15H15N3O/c16-9-10-19-15-7-5-14(6-8-15)18-13-3-1-12(11-17)2-4-13/h1-8,18H,9-10,16H2. The van der Waals surface area contributed by atoms with E-state index in [0.717, 1.165) is 17.1 Å². The van der Waals surface area contributed by atoms with Crippen molar-refractivity contribution in [3.05, 3.63) is 54.1 Å². The van der Waals surface area contributed by atoms with Crippen LogP contribution in [0.3, 0.4) is 0 Å². The van der Waals surface area contributed by atoms with Gasteiger partial charge in [-0.1, -0.05) is 0 Å². The van der Waals surface area contributed by atoms with Gasteiger partial charge in [0.15, 0.2) is 0 Å². The molecular weight excluding hydrogens is 238 g/mol. The minimum atomic E-state index is 0.505. The summed E-state index contributed by atoms with van der Waals surface area (Å²) >= 11 is 0. The molecule has 0 bridgehead atoms. The van der Waals surface area contributed by atoms with Crippen molar-refractivity contribution < 1.29 is 4.74 Å². The molecule has 0 amide bonds. The molecule has 0 aliphatic carbocycles. The van der Waals surface area contributed by atoms with E-state index in [9.17, 15) is 0 Å². The summed E-state index contributed by atoms with van der Waals surface area (Å²) in [4.78, 5) is 0. The fourth-order valence-electron chi connectivity index (χ4n) is 1.61. The Morgan fingerprint density at radius 3 is 2.11 bits per heavy atom. The van der Waals surface area contributed by atoms with Crippen LogP contribution < -0.4 is 15.8 Å². The lowest BCUT2D eigenvalue weighted by Gasteiger charge is -2.08. The van der Waals surface area contributed by atoms with Gasteiger partial charge >= 0.3 is 0 Å². The van der Waals surface area contributed by atoms with Crippen molar-refractivity contribution in [1.82, 2.24) is 0 Å². The molecule has 0 saturated heterocycles. The summed E-state index contributed by atoms with van der Waals surface area (Å²) in [6, 6.07) is 17.0. The molecule has 4 heteroatoms. The molecule has 19 heavy (non-hydrogen) atoms. The Labute approximate surface area is 112 Å². The third kappa shape index (κ3) is 3.73. The van der Waals surface area contributed by atoms with Gasteiger partial charge in [-0.15, -0.1) is 0 Å². The number of nitrogens with one attached hydrogen (secondary N) is 1. The Morgan fingerprint density at radius 2 is 1.58 bits per heavy atom. The van der Waals surface area contributed by atoms with Crippen LogP contribution in [0.25, 0.3) is 0 Å². The molecular formula is C15H15N3O. The summed E-state index contributed by atoms with van der Waals surface area (Å²) in [6.07, 6.45) is 0. The maximum atomic E-state index is 8.73. The third-order valence-electron chi connectivity index (χ3n) is 2.54. The normalized spacial score (nSPS) is 9.68. The predicted octanol–water partition coefficient (Wildman–Crippen LogP) is 2.64. The average molecular weight is 253 g/mol. The van der Waals surface area contributed by atoms with Gasteiger partial charge in [-0.2, -0.15) is 5.26 Å². The summed E-state index contributed by atoms with van der Waals surface area (Å²) in [5.74, 6) is 0.802. The third-order valence-corrected chi connectivity index (χ3v) is 2.54. The highest BCUT2D eigenvalue weighted by molar-refractivity contribution is 5.61. The zero-order chi connectivity index (χ0) is 13.5. The van der Waals surface area contributed by atoms with Gasteiger partial charge in [0.1, 0.15) is 12.4 Å². The number of ether oxygens (including phenoxy) is 1. The molecule has 0 fully saturated rings. The second kappa shape index (κ2) is 6.43. The van der Waals surface area contributed by atoms with Gasteiger partial charge in [-0.25, -0.2) is 0 Å². The molecule has 0 heterocycles. The number of nitrogens with two attached hydrogens (primary N) is 1. The van der Waals surface area contributed by atoms with Gasteiger partial charge in [0.05, 0.1) is 11.6 Å². The van der Waals surface area contributed by atoms with Gasteiger partial charge in [0, 0.05) is 17.9 Å². The second-order valence-electron chi connectivity index (χ2n) is 3.98. The Hall–Kier alpha value is -2.51. The van der Waals surface area contributed by atoms with Crippen LogP contribution in [0, 0.1) is 11.3 Å². The van der Waals surface area contributed by atoms with Crippen molar-refractivity contribution in [1.29, 1.82) is 5.26 Å². The van der Waals surface area contributed by atoms with E-state index in [4.69, 9.17) is 15.7 Å². The molecule has 0 atom stereocenters. The summed E-state index contributed by atoms with van der Waals surface area (Å²) in [5.41, 5.74) is 7.92. The van der Waals surface area contributed by atoms with E-state index in [1.54, 1.807) is 12.1 Å². The number of nitrogens with zero attached hydrogens (tertiary/aromatic N) is 1. The van der Waals surface area contributed by atoms with Gasteiger partial charge in [-0.3, -0.25) is 0 Å². The van der Waals surface area contributed by atoms with Gasteiger partial charge in [-0.05, 0) is 48.5 Å². The van der Waals surface area contributed by atoms with E-state index in [1.165, 1.54) is 0 Å². The number of anilines is 2. The van der Waals surface area contributed by atoms with E-state index in [0.29, 0.717) is 18.7 Å². The molecule has 0 unspecified atom stereocenters. The monoisotopic (exact) mass is 253 g/mol. The lowest BCUT2D eigenvalue weighted by molar-refractivity contribution is 0.328. The Bertz CT molecular complexity index is 555. The second-order valence-corrected chi connectivity index (χ2v) is 3.98. The smallest absolute Gasteiger partial charge is 0.119 e. The average Bonchev–Trinajstić information content (AvgIpc) is 2.47. The van der Waals surface area contributed by atoms with Crippen molar-refractivity contribution in [2.75, 3.05) is 18.5 Å². The zero-order valence-corrected chi connectivity index (χ0v) is 10.5. The summed E-state index contributed by atoms with van der Waals surface area (Å²) in [6.45, 7) is 1.02. The number of benzene rings is 2. The molecule has 0 aliphatic rings. The fourth-order valence-corrected chi connectivity index (χ4v) is 1.61. The highest BCUT2D eigenvalue weighted by Gasteiger charge is 1.97. The number of hydrogen-bond acceptors (Lipinski definition) is 4. The topological polar surface area (TPSA) is 71.1 Å². The molecule has 2 aromatic carbocycles. The van der Waals surface area contributed by atoms with Crippen LogP contribution in [0.15, 0.2) is 48.5 Å². The summed E-state index contributed by atoms with van der Waals surface area (Å²) in [7, 11) is 0. The largest absolute Gasteiger partial charge is 0.492 e. The molecule has 0 aliphatic heterocycles. The van der Waals surface area contributed by atoms with Crippen LogP contribution in [-0.4, -0.2) is 13.2 Å². The van der Waals surface area contributed by atoms with Crippen LogP contribution in [0.5, 0.6) is 5.75 Å². The molecule has 0 saturated carbocycles. The van der Waals surface area contributed by atoms with Crippen LogP contribution in [0.2, 0.25) is 0 Å². The minimum Gasteiger partial charge on any atom is -0.492 e. The molecule has 0 radical (unpaired) electrons. The van der Waals surface area contributed by atoms with Crippen molar-refractivity contribution in [3.63, 3.8) is 0 Å². The molecule has 2 aromatic rings. The molecule has 0 aromatic heterocycles. The molecule has 0 spiro atoms. The Kier molecular flexibility index (Phi) is 4.38. The lowest BCUT2D eigenvalue weighted by Crippen LogP contribution is -2.10. The SMILES string of the molecule is N#Cc1ccc(Nc2ccc(OCCN)cc2)cc1. The molecule has 4 nitrogen and oxygen atoms in total.